The third-order valence-corrected chi connectivity index (χ3v) is 8.43. The van der Waals surface area contributed by atoms with Gasteiger partial charge >= 0.3 is 0 Å². The van der Waals surface area contributed by atoms with Crippen LogP contribution in [0.15, 0.2) is 30.3 Å². The molecule has 0 bridgehead atoms. The van der Waals surface area contributed by atoms with Crippen molar-refractivity contribution in [2.24, 2.45) is 23.7 Å². The minimum absolute atomic E-state index is 0.0287. The van der Waals surface area contributed by atoms with E-state index in [0.29, 0.717) is 12.3 Å². The van der Waals surface area contributed by atoms with E-state index in [1.54, 1.807) is 0 Å². The van der Waals surface area contributed by atoms with Gasteiger partial charge in [0.2, 0.25) is 0 Å². The van der Waals surface area contributed by atoms with Crippen molar-refractivity contribution in [1.29, 1.82) is 0 Å². The molecule has 2 aromatic carbocycles. The van der Waals surface area contributed by atoms with Crippen LogP contribution in [0.2, 0.25) is 0 Å². The molecule has 3 rings (SSSR count). The zero-order valence-corrected chi connectivity index (χ0v) is 24.8. The van der Waals surface area contributed by atoms with Gasteiger partial charge in [-0.15, -0.1) is 0 Å². The fourth-order valence-corrected chi connectivity index (χ4v) is 6.78. The molecule has 3 unspecified atom stereocenters. The molecule has 206 valence electrons. The molecule has 0 fully saturated rings. The predicted octanol–water partition coefficient (Wildman–Crippen LogP) is 8.55. The van der Waals surface area contributed by atoms with E-state index in [2.05, 4.69) is 71.9 Å². The number of benzene rings is 2. The number of aryl methyl sites for hydroxylation is 2. The maximum Gasteiger partial charge on any atom is 0.163 e. The molecule has 1 aliphatic rings. The summed E-state index contributed by atoms with van der Waals surface area (Å²) < 4.78 is 0. The zero-order chi connectivity index (χ0) is 28.0. The number of fused-ring (bicyclic) bond motifs is 1. The van der Waals surface area contributed by atoms with Crippen molar-refractivity contribution in [3.05, 3.63) is 58.1 Å². The molecular weight excluding hydrogens is 468 g/mol. The first-order chi connectivity index (χ1) is 18.1. The number of hydrogen-bond acceptors (Lipinski definition) is 3. The molecule has 0 saturated heterocycles. The minimum Gasteiger partial charge on any atom is -0.300 e. The summed E-state index contributed by atoms with van der Waals surface area (Å²) in [7, 11) is 0. The Morgan fingerprint density at radius 3 is 2.34 bits per heavy atom. The first-order valence-corrected chi connectivity index (χ1v) is 14.9. The average molecular weight is 517 g/mol. The monoisotopic (exact) mass is 516 g/mol. The topological polar surface area (TPSA) is 51.2 Å². The summed E-state index contributed by atoms with van der Waals surface area (Å²) >= 11 is 0. The van der Waals surface area contributed by atoms with Gasteiger partial charge in [-0.2, -0.15) is 0 Å². The normalized spacial score (nSPS) is 16.8. The lowest BCUT2D eigenvalue weighted by atomic mass is 9.71. The molecule has 3 nitrogen and oxygen atoms in total. The van der Waals surface area contributed by atoms with Crippen molar-refractivity contribution in [2.75, 3.05) is 0 Å². The minimum atomic E-state index is -0.104. The van der Waals surface area contributed by atoms with Crippen molar-refractivity contribution < 1.29 is 14.4 Å². The van der Waals surface area contributed by atoms with Gasteiger partial charge in [0.1, 0.15) is 11.6 Å². The van der Waals surface area contributed by atoms with E-state index in [9.17, 15) is 14.4 Å². The van der Waals surface area contributed by atoms with Crippen LogP contribution in [0.1, 0.15) is 113 Å². The van der Waals surface area contributed by atoms with Gasteiger partial charge in [-0.25, -0.2) is 0 Å². The van der Waals surface area contributed by atoms with E-state index in [1.807, 2.05) is 0 Å². The fourth-order valence-electron chi connectivity index (χ4n) is 6.78. The molecule has 0 aromatic heterocycles. The molecule has 3 heteroatoms. The number of carbonyl (C=O) groups excluding carboxylic acids is 3. The first kappa shape index (κ1) is 30.0. The largest absolute Gasteiger partial charge is 0.300 e. The van der Waals surface area contributed by atoms with Gasteiger partial charge < -0.3 is 0 Å². The van der Waals surface area contributed by atoms with Crippen molar-refractivity contribution >= 4 is 17.3 Å². The lowest BCUT2D eigenvalue weighted by Crippen LogP contribution is -2.30. The number of Topliss-reactive ketones (excluding diaryl/α,β-unsaturated/α-hetero) is 3. The second kappa shape index (κ2) is 13.5. The van der Waals surface area contributed by atoms with Gasteiger partial charge in [-0.05, 0) is 97.1 Å². The lowest BCUT2D eigenvalue weighted by Gasteiger charge is -2.32. The number of rotatable bonds is 13. The molecule has 0 heterocycles. The molecule has 0 aliphatic heterocycles. The number of hydrogen-bond donors (Lipinski definition) is 0. The van der Waals surface area contributed by atoms with Crippen LogP contribution in [0.5, 0.6) is 0 Å². The molecule has 0 radical (unpaired) electrons. The first-order valence-electron chi connectivity index (χ1n) is 14.9. The Kier molecular flexibility index (Phi) is 10.7. The fraction of sp³-hybridized carbons (Fsp3) is 0.571. The standard InChI is InChI=1S/C35H48O3/c1-8-11-27(30(10-3)33(37)17-24(7)36)18-25-19-32-31(15-12-23(6)35(32)34(38)20-25)28-14-13-26(9-2)29(21-28)16-22(4)5/h12-15,21-22,25,27,30H,8-11,16-20H2,1-7H3. The van der Waals surface area contributed by atoms with Gasteiger partial charge in [0.25, 0.3) is 0 Å². The lowest BCUT2D eigenvalue weighted by molar-refractivity contribution is -0.129. The van der Waals surface area contributed by atoms with Gasteiger partial charge in [-0.3, -0.25) is 14.4 Å². The van der Waals surface area contributed by atoms with Crippen LogP contribution < -0.4 is 0 Å². The Bertz CT molecular complexity index is 1160. The van der Waals surface area contributed by atoms with E-state index in [0.717, 1.165) is 56.1 Å². The molecular formula is C35H48O3. The third-order valence-electron chi connectivity index (χ3n) is 8.43. The van der Waals surface area contributed by atoms with E-state index < -0.39 is 0 Å². The summed E-state index contributed by atoms with van der Waals surface area (Å²) in [6.45, 7) is 14.5. The molecule has 2 aromatic rings. The molecule has 38 heavy (non-hydrogen) atoms. The van der Waals surface area contributed by atoms with E-state index >= 15 is 0 Å². The highest BCUT2D eigenvalue weighted by molar-refractivity contribution is 6.02. The highest BCUT2D eigenvalue weighted by atomic mass is 16.1. The Labute approximate surface area is 230 Å². The highest BCUT2D eigenvalue weighted by Crippen LogP contribution is 2.40. The Morgan fingerprint density at radius 2 is 1.74 bits per heavy atom. The van der Waals surface area contributed by atoms with Crippen LogP contribution in [0, 0.1) is 30.6 Å². The van der Waals surface area contributed by atoms with Gasteiger partial charge in [0.05, 0.1) is 6.42 Å². The van der Waals surface area contributed by atoms with Gasteiger partial charge in [-0.1, -0.05) is 77.8 Å². The van der Waals surface area contributed by atoms with Crippen molar-refractivity contribution in [1.82, 2.24) is 0 Å². The highest BCUT2D eigenvalue weighted by Gasteiger charge is 2.34. The Hall–Kier alpha value is -2.55. The van der Waals surface area contributed by atoms with Crippen LogP contribution in [0.25, 0.3) is 11.1 Å². The van der Waals surface area contributed by atoms with Crippen molar-refractivity contribution in [3.63, 3.8) is 0 Å². The summed E-state index contributed by atoms with van der Waals surface area (Å²) in [5, 5.41) is 0. The smallest absolute Gasteiger partial charge is 0.163 e. The third kappa shape index (κ3) is 7.10. The number of ketones is 3. The van der Waals surface area contributed by atoms with E-state index in [-0.39, 0.29) is 41.5 Å². The molecule has 0 saturated carbocycles. The van der Waals surface area contributed by atoms with E-state index in [1.165, 1.54) is 34.7 Å². The zero-order valence-electron chi connectivity index (χ0n) is 24.8. The summed E-state index contributed by atoms with van der Waals surface area (Å²) in [5.41, 5.74) is 8.36. The van der Waals surface area contributed by atoms with Gasteiger partial charge in [0, 0.05) is 17.9 Å². The second-order valence-electron chi connectivity index (χ2n) is 12.1. The van der Waals surface area contributed by atoms with E-state index in [4.69, 9.17) is 0 Å². The Balaban J connectivity index is 1.98. The van der Waals surface area contributed by atoms with Crippen LogP contribution in [0.4, 0.5) is 0 Å². The summed E-state index contributed by atoms with van der Waals surface area (Å²) in [4.78, 5) is 38.2. The summed E-state index contributed by atoms with van der Waals surface area (Å²) in [6, 6.07) is 11.2. The predicted molar refractivity (Wildman–Crippen MR) is 158 cm³/mol. The van der Waals surface area contributed by atoms with Crippen LogP contribution in [0.3, 0.4) is 0 Å². The second-order valence-corrected chi connectivity index (χ2v) is 12.1. The Morgan fingerprint density at radius 1 is 1.00 bits per heavy atom. The van der Waals surface area contributed by atoms with Crippen molar-refractivity contribution in [2.45, 2.75) is 106 Å². The summed E-state index contributed by atoms with van der Waals surface area (Å²) in [5.74, 6) is 1.17. The quantitative estimate of drug-likeness (QED) is 0.251. The average Bonchev–Trinajstić information content (AvgIpc) is 2.83. The van der Waals surface area contributed by atoms with Crippen LogP contribution in [-0.2, 0) is 28.9 Å². The maximum absolute atomic E-state index is 13.6. The van der Waals surface area contributed by atoms with Crippen molar-refractivity contribution in [3.8, 4) is 11.1 Å². The van der Waals surface area contributed by atoms with Crippen LogP contribution in [-0.4, -0.2) is 17.3 Å². The molecule has 0 amide bonds. The summed E-state index contributed by atoms with van der Waals surface area (Å²) in [6.07, 6.45) is 7.08. The molecule has 3 atom stereocenters. The SMILES string of the molecule is CCCC(CC1CC(=O)c2c(C)ccc(-c3ccc(CC)c(CC(C)C)c3)c2C1)C(CC)C(=O)CC(C)=O. The van der Waals surface area contributed by atoms with Crippen LogP contribution >= 0.6 is 0 Å². The molecule has 0 spiro atoms. The number of carbonyl (C=O) groups is 3. The van der Waals surface area contributed by atoms with Gasteiger partial charge in [0.15, 0.2) is 5.78 Å². The molecule has 1 aliphatic carbocycles. The molecule has 0 N–H and O–H groups in total. The maximum atomic E-state index is 13.6.